The van der Waals surface area contributed by atoms with E-state index in [9.17, 15) is 4.79 Å². The van der Waals surface area contributed by atoms with E-state index in [1.54, 1.807) is 0 Å². The molecule has 3 heterocycles. The highest BCUT2D eigenvalue weighted by molar-refractivity contribution is 6.04. The van der Waals surface area contributed by atoms with Gasteiger partial charge in [0.1, 0.15) is 18.9 Å². The molecule has 1 aliphatic rings. The van der Waals surface area contributed by atoms with Crippen LogP contribution in [0.1, 0.15) is 36.7 Å². The van der Waals surface area contributed by atoms with E-state index >= 15 is 0 Å². The summed E-state index contributed by atoms with van der Waals surface area (Å²) in [6, 6.07) is 17.3. The number of nitrogens with zero attached hydrogens (tertiary/aromatic N) is 2. The fraction of sp³-hybridized carbons (Fsp3) is 0.231. The van der Waals surface area contributed by atoms with Crippen molar-refractivity contribution in [3.05, 3.63) is 78.1 Å². The van der Waals surface area contributed by atoms with Gasteiger partial charge in [-0.25, -0.2) is 4.98 Å². The maximum Gasteiger partial charge on any atom is 0.255 e. The molecule has 1 N–H and O–H groups in total. The molecule has 0 fully saturated rings. The monoisotopic (exact) mass is 427 g/mol. The van der Waals surface area contributed by atoms with Gasteiger partial charge in [0.25, 0.3) is 5.91 Å². The number of fused-ring (bicyclic) bond motifs is 2. The molecule has 1 amide bonds. The van der Waals surface area contributed by atoms with Crippen LogP contribution in [0.2, 0.25) is 0 Å². The third-order valence-electron chi connectivity index (χ3n) is 5.56. The van der Waals surface area contributed by atoms with Crippen molar-refractivity contribution in [2.45, 2.75) is 26.2 Å². The number of hydrogen-bond acceptors (Lipinski definition) is 4. The van der Waals surface area contributed by atoms with Crippen LogP contribution in [0.25, 0.3) is 16.9 Å². The van der Waals surface area contributed by atoms with E-state index in [0.717, 1.165) is 28.4 Å². The van der Waals surface area contributed by atoms with Gasteiger partial charge in [0.05, 0.1) is 11.4 Å². The zero-order chi connectivity index (χ0) is 22.3. The number of carbonyl (C=O) groups excluding carboxylic acids is 1. The molecule has 0 spiro atoms. The van der Waals surface area contributed by atoms with Crippen LogP contribution in [0.5, 0.6) is 11.5 Å². The van der Waals surface area contributed by atoms with E-state index in [2.05, 4.69) is 26.1 Å². The van der Waals surface area contributed by atoms with Crippen molar-refractivity contribution in [1.29, 1.82) is 0 Å². The lowest BCUT2D eigenvalue weighted by atomic mass is 9.87. The average Bonchev–Trinajstić information content (AvgIpc) is 3.22. The Kier molecular flexibility index (Phi) is 4.85. The van der Waals surface area contributed by atoms with E-state index in [1.165, 1.54) is 5.56 Å². The second kappa shape index (κ2) is 7.71. The molecule has 0 radical (unpaired) electrons. The Labute approximate surface area is 186 Å². The molecule has 0 bridgehead atoms. The normalized spacial score (nSPS) is 13.2. The van der Waals surface area contributed by atoms with Crippen molar-refractivity contribution in [2.24, 2.45) is 0 Å². The number of benzene rings is 2. The minimum Gasteiger partial charge on any atom is -0.486 e. The molecule has 6 heteroatoms. The molecule has 1 aliphatic heterocycles. The Bertz CT molecular complexity index is 1300. The zero-order valence-corrected chi connectivity index (χ0v) is 18.4. The Morgan fingerprint density at radius 3 is 2.44 bits per heavy atom. The van der Waals surface area contributed by atoms with Crippen molar-refractivity contribution in [3.8, 4) is 22.8 Å². The van der Waals surface area contributed by atoms with Gasteiger partial charge in [-0.05, 0) is 53.4 Å². The van der Waals surface area contributed by atoms with Crippen LogP contribution in [0.3, 0.4) is 0 Å². The van der Waals surface area contributed by atoms with Gasteiger partial charge in [-0.3, -0.25) is 4.79 Å². The smallest absolute Gasteiger partial charge is 0.255 e. The number of amides is 1. The summed E-state index contributed by atoms with van der Waals surface area (Å²) in [6.07, 6.45) is 3.81. The lowest BCUT2D eigenvalue weighted by Crippen LogP contribution is -2.15. The zero-order valence-electron chi connectivity index (χ0n) is 18.4. The predicted octanol–water partition coefficient (Wildman–Crippen LogP) is 5.32. The van der Waals surface area contributed by atoms with Crippen molar-refractivity contribution in [2.75, 3.05) is 18.5 Å². The van der Waals surface area contributed by atoms with Crippen LogP contribution in [0, 0.1) is 0 Å². The molecule has 5 rings (SSSR count). The lowest BCUT2D eigenvalue weighted by molar-refractivity contribution is 0.102. The lowest BCUT2D eigenvalue weighted by Gasteiger charge is -2.19. The Morgan fingerprint density at radius 1 is 0.938 bits per heavy atom. The first-order valence-corrected chi connectivity index (χ1v) is 10.7. The number of hydrogen-bond donors (Lipinski definition) is 1. The number of anilines is 1. The number of aromatic nitrogens is 2. The SMILES string of the molecule is CC(C)(C)c1ccc(C(=O)Nc2ccc3nc(-c4ccc5c(c4)OCCO5)cn3c2)cc1. The molecule has 162 valence electrons. The minimum absolute atomic E-state index is 0.0520. The van der Waals surface area contributed by atoms with Crippen molar-refractivity contribution in [1.82, 2.24) is 9.38 Å². The number of ether oxygens (including phenoxy) is 2. The van der Waals surface area contributed by atoms with Crippen LogP contribution in [0.4, 0.5) is 5.69 Å². The van der Waals surface area contributed by atoms with Gasteiger partial charge in [0.15, 0.2) is 11.5 Å². The van der Waals surface area contributed by atoms with Gasteiger partial charge in [-0.1, -0.05) is 32.9 Å². The van der Waals surface area contributed by atoms with E-state index < -0.39 is 0 Å². The van der Waals surface area contributed by atoms with Gasteiger partial charge in [0.2, 0.25) is 0 Å². The molecule has 32 heavy (non-hydrogen) atoms. The van der Waals surface area contributed by atoms with Crippen LogP contribution >= 0.6 is 0 Å². The van der Waals surface area contributed by atoms with Gasteiger partial charge in [0, 0.05) is 23.5 Å². The van der Waals surface area contributed by atoms with Crippen molar-refractivity contribution >= 4 is 17.2 Å². The third-order valence-corrected chi connectivity index (χ3v) is 5.56. The summed E-state index contributed by atoms with van der Waals surface area (Å²) in [5.74, 6) is 1.34. The molecule has 0 aliphatic carbocycles. The standard InChI is InChI=1S/C26H25N3O3/c1-26(2,3)19-7-4-17(5-8-19)25(30)27-20-9-11-24-28-21(16-29(24)15-20)18-6-10-22-23(14-18)32-13-12-31-22/h4-11,14-16H,12-13H2,1-3H3,(H,27,30). The highest BCUT2D eigenvalue weighted by Gasteiger charge is 2.16. The van der Waals surface area contributed by atoms with E-state index in [-0.39, 0.29) is 11.3 Å². The first kappa shape index (κ1) is 20.1. The fourth-order valence-electron chi connectivity index (χ4n) is 3.73. The molecular formula is C26H25N3O3. The van der Waals surface area contributed by atoms with E-state index in [4.69, 9.17) is 14.5 Å². The first-order chi connectivity index (χ1) is 15.4. The number of carbonyl (C=O) groups is 1. The third kappa shape index (κ3) is 3.91. The van der Waals surface area contributed by atoms with Crippen LogP contribution in [-0.4, -0.2) is 28.5 Å². The second-order valence-corrected chi connectivity index (χ2v) is 8.95. The summed E-state index contributed by atoms with van der Waals surface area (Å²) in [4.78, 5) is 17.4. The summed E-state index contributed by atoms with van der Waals surface area (Å²) in [5.41, 5.74) is 5.14. The fourth-order valence-corrected chi connectivity index (χ4v) is 3.73. The number of rotatable bonds is 3. The first-order valence-electron chi connectivity index (χ1n) is 10.7. The number of imidazole rings is 1. The molecule has 6 nitrogen and oxygen atoms in total. The highest BCUT2D eigenvalue weighted by Crippen LogP contribution is 2.34. The minimum atomic E-state index is -0.142. The molecular weight excluding hydrogens is 402 g/mol. The maximum absolute atomic E-state index is 12.7. The summed E-state index contributed by atoms with van der Waals surface area (Å²) < 4.78 is 13.2. The molecule has 0 saturated carbocycles. The molecule has 0 atom stereocenters. The summed E-state index contributed by atoms with van der Waals surface area (Å²) in [5, 5.41) is 2.97. The molecule has 2 aromatic heterocycles. The topological polar surface area (TPSA) is 64.9 Å². The van der Waals surface area contributed by atoms with Crippen molar-refractivity contribution < 1.29 is 14.3 Å². The maximum atomic E-state index is 12.7. The molecule has 4 aromatic rings. The Morgan fingerprint density at radius 2 is 1.69 bits per heavy atom. The summed E-state index contributed by atoms with van der Waals surface area (Å²) in [6.45, 7) is 7.57. The van der Waals surface area contributed by atoms with Gasteiger partial charge in [-0.2, -0.15) is 0 Å². The molecule has 0 saturated heterocycles. The van der Waals surface area contributed by atoms with E-state index in [0.29, 0.717) is 24.5 Å². The molecule has 0 unspecified atom stereocenters. The van der Waals surface area contributed by atoms with Crippen LogP contribution < -0.4 is 14.8 Å². The van der Waals surface area contributed by atoms with Gasteiger partial charge < -0.3 is 19.2 Å². The average molecular weight is 428 g/mol. The number of nitrogens with one attached hydrogen (secondary N) is 1. The molecule has 2 aromatic carbocycles. The second-order valence-electron chi connectivity index (χ2n) is 8.95. The van der Waals surface area contributed by atoms with Crippen molar-refractivity contribution in [3.63, 3.8) is 0 Å². The Balaban J connectivity index is 1.36. The number of pyridine rings is 1. The summed E-state index contributed by atoms with van der Waals surface area (Å²) in [7, 11) is 0. The summed E-state index contributed by atoms with van der Waals surface area (Å²) >= 11 is 0. The largest absolute Gasteiger partial charge is 0.486 e. The van der Waals surface area contributed by atoms with E-state index in [1.807, 2.05) is 71.4 Å². The van der Waals surface area contributed by atoms with Crippen LogP contribution in [0.15, 0.2) is 67.0 Å². The van der Waals surface area contributed by atoms with Gasteiger partial charge in [-0.15, -0.1) is 0 Å². The Hall–Kier alpha value is -3.80. The van der Waals surface area contributed by atoms with Gasteiger partial charge >= 0.3 is 0 Å². The van der Waals surface area contributed by atoms with Crippen LogP contribution in [-0.2, 0) is 5.41 Å². The predicted molar refractivity (Wildman–Crippen MR) is 125 cm³/mol. The highest BCUT2D eigenvalue weighted by atomic mass is 16.6. The quantitative estimate of drug-likeness (QED) is 0.480.